The summed E-state index contributed by atoms with van der Waals surface area (Å²) in [7, 11) is 1.65. The second-order valence-corrected chi connectivity index (χ2v) is 8.71. The fourth-order valence-electron chi connectivity index (χ4n) is 3.71. The van der Waals surface area contributed by atoms with Gasteiger partial charge in [-0.15, -0.1) is 0 Å². The van der Waals surface area contributed by atoms with Gasteiger partial charge in [0.1, 0.15) is 5.69 Å². The molecule has 0 fully saturated rings. The summed E-state index contributed by atoms with van der Waals surface area (Å²) < 4.78 is 5.06. The van der Waals surface area contributed by atoms with E-state index in [0.29, 0.717) is 35.6 Å². The number of benzene rings is 1. The monoisotopic (exact) mass is 521 g/mol. The molecular formula is C30H31N7O2. The molecule has 9 heteroatoms. The first-order valence-corrected chi connectivity index (χ1v) is 12.3. The predicted molar refractivity (Wildman–Crippen MR) is 157 cm³/mol. The molecule has 4 N–H and O–H groups in total. The third kappa shape index (κ3) is 7.73. The maximum Gasteiger partial charge on any atom is 0.274 e. The zero-order valence-corrected chi connectivity index (χ0v) is 22.0. The van der Waals surface area contributed by atoms with Crippen molar-refractivity contribution >= 4 is 47.0 Å². The number of rotatable bonds is 11. The first-order valence-electron chi connectivity index (χ1n) is 12.3. The maximum absolute atomic E-state index is 12.8. The van der Waals surface area contributed by atoms with E-state index in [4.69, 9.17) is 4.74 Å². The molecule has 0 bridgehead atoms. The number of pyridine rings is 3. The van der Waals surface area contributed by atoms with Crippen LogP contribution >= 0.6 is 0 Å². The molecule has 3 aromatic heterocycles. The summed E-state index contributed by atoms with van der Waals surface area (Å²) in [6.07, 6.45) is 6.92. The number of amides is 1. The summed E-state index contributed by atoms with van der Waals surface area (Å²) in [4.78, 5) is 25.6. The van der Waals surface area contributed by atoms with Crippen LogP contribution in [0, 0.1) is 6.92 Å². The zero-order chi connectivity index (χ0) is 27.6. The van der Waals surface area contributed by atoms with Gasteiger partial charge in [0.15, 0.2) is 0 Å². The van der Waals surface area contributed by atoms with Crippen molar-refractivity contribution in [2.24, 2.45) is 0 Å². The van der Waals surface area contributed by atoms with Crippen molar-refractivity contribution in [1.82, 2.24) is 20.3 Å². The van der Waals surface area contributed by atoms with Crippen molar-refractivity contribution in [2.45, 2.75) is 6.92 Å². The number of aryl methyl sites for hydroxylation is 1. The number of nitrogens with one attached hydrogen (secondary N) is 4. The summed E-state index contributed by atoms with van der Waals surface area (Å²) in [6, 6.07) is 16.6. The van der Waals surface area contributed by atoms with Crippen molar-refractivity contribution in [3.63, 3.8) is 0 Å². The van der Waals surface area contributed by atoms with Crippen LogP contribution in [0.4, 0.5) is 28.4 Å². The van der Waals surface area contributed by atoms with Crippen LogP contribution in [-0.2, 0) is 4.74 Å². The molecule has 4 aromatic rings. The van der Waals surface area contributed by atoms with Gasteiger partial charge in [-0.2, -0.15) is 0 Å². The third-order valence-electron chi connectivity index (χ3n) is 5.65. The molecule has 0 unspecified atom stereocenters. The molecule has 0 aliphatic carbocycles. The van der Waals surface area contributed by atoms with E-state index in [9.17, 15) is 4.79 Å². The zero-order valence-electron chi connectivity index (χ0n) is 22.0. The van der Waals surface area contributed by atoms with Gasteiger partial charge >= 0.3 is 0 Å². The van der Waals surface area contributed by atoms with Crippen LogP contribution in [0.2, 0.25) is 0 Å². The second-order valence-electron chi connectivity index (χ2n) is 8.71. The molecule has 198 valence electrons. The Morgan fingerprint density at radius 3 is 2.38 bits per heavy atom. The molecule has 9 nitrogen and oxygen atoms in total. The van der Waals surface area contributed by atoms with Crippen LogP contribution in [-0.4, -0.2) is 41.1 Å². The van der Waals surface area contributed by atoms with Crippen molar-refractivity contribution < 1.29 is 9.53 Å². The standard InChI is InChI=1S/C30H31N7O2/c1-20-17-25(11-13-31-20)35-23-5-7-24(8-6-23)37-30(38)29-10-9-26(19-34-29)36-28-12-14-33-22(3)27(28)18-21(2)32-15-16-39-4/h5-14,17-19,32,36H,2-3,15-16H2,1,4H3,(H,31,35)(H,37,38)/b27-18+. The lowest BCUT2D eigenvalue weighted by molar-refractivity contribution is 0.102. The Bertz CT molecular complexity index is 1550. The minimum absolute atomic E-state index is 0.296. The smallest absolute Gasteiger partial charge is 0.274 e. The minimum Gasteiger partial charge on any atom is -0.383 e. The lowest BCUT2D eigenvalue weighted by atomic mass is 10.2. The Labute approximate surface area is 227 Å². The highest BCUT2D eigenvalue weighted by atomic mass is 16.5. The Morgan fingerprint density at radius 1 is 0.923 bits per heavy atom. The van der Waals surface area contributed by atoms with Crippen LogP contribution in [0.1, 0.15) is 16.2 Å². The summed E-state index contributed by atoms with van der Waals surface area (Å²) in [6.45, 7) is 11.2. The molecule has 0 spiro atoms. The molecule has 1 amide bonds. The lowest BCUT2D eigenvalue weighted by Gasteiger charge is -2.10. The number of hydrogen-bond acceptors (Lipinski definition) is 8. The number of anilines is 5. The van der Waals surface area contributed by atoms with Gasteiger partial charge in [-0.25, -0.2) is 4.98 Å². The second kappa shape index (κ2) is 13.0. The quantitative estimate of drug-likeness (QED) is 0.220. The van der Waals surface area contributed by atoms with Crippen LogP contribution in [0.25, 0.3) is 12.7 Å². The fourth-order valence-corrected chi connectivity index (χ4v) is 3.71. The summed E-state index contributed by atoms with van der Waals surface area (Å²) >= 11 is 0. The highest BCUT2D eigenvalue weighted by molar-refractivity contribution is 6.03. The topological polar surface area (TPSA) is 113 Å². The molecule has 3 heterocycles. The van der Waals surface area contributed by atoms with Gasteiger partial charge in [-0.05, 0) is 67.6 Å². The SMILES string of the molecule is C=C(/C=c1/c(Nc2ccc(C(=O)Nc3ccc(Nc4ccnc(C)c4)cc3)nc2)ccnc1=C)NCCOC. The Hall–Kier alpha value is -5.02. The molecule has 4 rings (SSSR count). The normalized spacial score (nSPS) is 11.1. The van der Waals surface area contributed by atoms with E-state index in [2.05, 4.69) is 49.4 Å². The van der Waals surface area contributed by atoms with Gasteiger partial charge in [0.05, 0.1) is 23.8 Å². The molecule has 0 aliphatic rings. The third-order valence-corrected chi connectivity index (χ3v) is 5.65. The summed E-state index contributed by atoms with van der Waals surface area (Å²) in [5.41, 5.74) is 5.97. The van der Waals surface area contributed by atoms with Gasteiger partial charge in [0.25, 0.3) is 5.91 Å². The average molecular weight is 522 g/mol. The molecule has 0 atom stereocenters. The number of methoxy groups -OCH3 is 1. The number of carbonyl (C=O) groups excluding carboxylic acids is 1. The van der Waals surface area contributed by atoms with Crippen LogP contribution in [0.15, 0.2) is 85.5 Å². The first-order chi connectivity index (χ1) is 18.9. The highest BCUT2D eigenvalue weighted by Gasteiger charge is 2.09. The number of hydrogen-bond donors (Lipinski definition) is 4. The van der Waals surface area contributed by atoms with Crippen molar-refractivity contribution in [3.05, 3.63) is 107 Å². The van der Waals surface area contributed by atoms with E-state index in [1.165, 1.54) is 0 Å². The molecule has 39 heavy (non-hydrogen) atoms. The van der Waals surface area contributed by atoms with Gasteiger partial charge in [0.2, 0.25) is 0 Å². The van der Waals surface area contributed by atoms with Crippen LogP contribution in [0.5, 0.6) is 0 Å². The number of carbonyl (C=O) groups is 1. The maximum atomic E-state index is 12.8. The van der Waals surface area contributed by atoms with E-state index in [-0.39, 0.29) is 5.91 Å². The molecule has 0 aliphatic heterocycles. The summed E-state index contributed by atoms with van der Waals surface area (Å²) in [5, 5.41) is 14.1. The highest BCUT2D eigenvalue weighted by Crippen LogP contribution is 2.20. The number of nitrogens with zero attached hydrogens (tertiary/aromatic N) is 3. The van der Waals surface area contributed by atoms with Gasteiger partial charge in [-0.1, -0.05) is 13.2 Å². The minimum atomic E-state index is -0.302. The van der Waals surface area contributed by atoms with Gasteiger partial charge in [0, 0.05) is 65.4 Å². The Balaban J connectivity index is 1.39. The number of allylic oxidation sites excluding steroid dienone is 1. The number of ether oxygens (including phenoxy) is 1. The van der Waals surface area contributed by atoms with E-state index in [1.54, 1.807) is 37.8 Å². The molecule has 0 saturated heterocycles. The lowest BCUT2D eigenvalue weighted by Crippen LogP contribution is -2.30. The summed E-state index contributed by atoms with van der Waals surface area (Å²) in [5.74, 6) is -0.302. The van der Waals surface area contributed by atoms with E-state index in [0.717, 1.165) is 33.7 Å². The molecular weight excluding hydrogens is 490 g/mol. The first kappa shape index (κ1) is 27.0. The van der Waals surface area contributed by atoms with Gasteiger partial charge in [-0.3, -0.25) is 14.8 Å². The largest absolute Gasteiger partial charge is 0.383 e. The number of aromatic nitrogens is 3. The average Bonchev–Trinajstić information content (AvgIpc) is 2.92. The van der Waals surface area contributed by atoms with Crippen LogP contribution < -0.4 is 31.8 Å². The van der Waals surface area contributed by atoms with E-state index >= 15 is 0 Å². The predicted octanol–water partition coefficient (Wildman–Crippen LogP) is 3.86. The molecule has 0 radical (unpaired) electrons. The Kier molecular flexibility index (Phi) is 8.99. The molecule has 1 aromatic carbocycles. The van der Waals surface area contributed by atoms with Crippen molar-refractivity contribution in [1.29, 1.82) is 0 Å². The van der Waals surface area contributed by atoms with Crippen LogP contribution in [0.3, 0.4) is 0 Å². The Morgan fingerprint density at radius 2 is 1.67 bits per heavy atom. The van der Waals surface area contributed by atoms with Gasteiger partial charge < -0.3 is 26.0 Å². The fraction of sp³-hybridized carbons (Fsp3) is 0.133. The van der Waals surface area contributed by atoms with Crippen molar-refractivity contribution in [2.75, 3.05) is 36.2 Å². The van der Waals surface area contributed by atoms with Crippen molar-refractivity contribution in [3.8, 4) is 0 Å². The van der Waals surface area contributed by atoms with E-state index < -0.39 is 0 Å². The molecule has 0 saturated carbocycles. The van der Waals surface area contributed by atoms with E-state index in [1.807, 2.05) is 55.5 Å².